The van der Waals surface area contributed by atoms with Gasteiger partial charge in [0.05, 0.1) is 19.3 Å². The number of hydrogen-bond acceptors (Lipinski definition) is 7. The molecule has 0 radical (unpaired) electrons. The van der Waals surface area contributed by atoms with E-state index in [-0.39, 0.29) is 13.2 Å². The fraction of sp³-hybridized carbons (Fsp3) is 0.400. The van der Waals surface area contributed by atoms with Gasteiger partial charge >= 0.3 is 7.82 Å². The Labute approximate surface area is 173 Å². The maximum absolute atomic E-state index is 11.6. The van der Waals surface area contributed by atoms with E-state index in [1.54, 1.807) is 0 Å². The van der Waals surface area contributed by atoms with Crippen molar-refractivity contribution in [2.24, 2.45) is 5.73 Å². The van der Waals surface area contributed by atoms with Crippen molar-refractivity contribution in [2.45, 2.75) is 43.5 Å². The maximum Gasteiger partial charge on any atom is 0.470 e. The first-order chi connectivity index (χ1) is 14.4. The van der Waals surface area contributed by atoms with Crippen LogP contribution >= 0.6 is 7.82 Å². The third kappa shape index (κ3) is 5.15. The summed E-state index contributed by atoms with van der Waals surface area (Å²) >= 11 is 0. The first-order valence-corrected chi connectivity index (χ1v) is 11.1. The second-order valence-corrected chi connectivity index (χ2v) is 8.35. The summed E-state index contributed by atoms with van der Waals surface area (Å²) in [5.41, 5.74) is 7.92. The molecule has 4 N–H and O–H groups in total. The molecule has 0 aliphatic carbocycles. The first kappa shape index (κ1) is 21.6. The van der Waals surface area contributed by atoms with Crippen LogP contribution in [0.4, 0.5) is 0 Å². The minimum atomic E-state index is -4.84. The zero-order chi connectivity index (χ0) is 21.1. The lowest BCUT2D eigenvalue weighted by atomic mass is 9.96. The summed E-state index contributed by atoms with van der Waals surface area (Å²) in [5.74, 6) is 0. The van der Waals surface area contributed by atoms with Crippen LogP contribution in [0.3, 0.4) is 0 Å². The predicted molar refractivity (Wildman–Crippen MR) is 105 cm³/mol. The van der Waals surface area contributed by atoms with Crippen molar-refractivity contribution in [3.63, 3.8) is 0 Å². The summed E-state index contributed by atoms with van der Waals surface area (Å²) < 4.78 is 40.1. The molecule has 0 aromatic heterocycles. The van der Waals surface area contributed by atoms with Crippen LogP contribution in [0.25, 0.3) is 0 Å². The van der Waals surface area contributed by atoms with Crippen molar-refractivity contribution in [2.75, 3.05) is 6.61 Å². The van der Waals surface area contributed by atoms with Crippen LogP contribution in [0.5, 0.6) is 0 Å². The van der Waals surface area contributed by atoms with E-state index in [1.807, 2.05) is 60.7 Å². The molecule has 2 heterocycles. The summed E-state index contributed by atoms with van der Waals surface area (Å²) in [6, 6.07) is 17.6. The summed E-state index contributed by atoms with van der Waals surface area (Å²) in [5, 5.41) is 0. The average Bonchev–Trinajstić information content (AvgIpc) is 2.75. The van der Waals surface area contributed by atoms with Crippen molar-refractivity contribution in [3.05, 3.63) is 71.8 Å². The molecule has 0 bridgehead atoms. The molecule has 162 valence electrons. The summed E-state index contributed by atoms with van der Waals surface area (Å²) in [6.07, 6.45) is -4.35. The van der Waals surface area contributed by atoms with Gasteiger partial charge in [-0.3, -0.25) is 4.52 Å². The van der Waals surface area contributed by atoms with Crippen molar-refractivity contribution >= 4 is 7.82 Å². The lowest BCUT2D eigenvalue weighted by Crippen LogP contribution is -2.65. The van der Waals surface area contributed by atoms with E-state index >= 15 is 0 Å². The van der Waals surface area contributed by atoms with E-state index in [9.17, 15) is 14.4 Å². The van der Waals surface area contributed by atoms with Gasteiger partial charge in [0.25, 0.3) is 0 Å². The molecule has 2 aliphatic rings. The van der Waals surface area contributed by atoms with Crippen LogP contribution < -0.4 is 5.73 Å². The van der Waals surface area contributed by atoms with Crippen molar-refractivity contribution in [3.8, 4) is 0 Å². The highest BCUT2D eigenvalue weighted by Crippen LogP contribution is 2.44. The second kappa shape index (κ2) is 9.23. The number of nitrogens with two attached hydrogens (primary N) is 1. The van der Waals surface area contributed by atoms with Gasteiger partial charge in [0, 0.05) is 5.56 Å². The van der Waals surface area contributed by atoms with Gasteiger partial charge in [0.1, 0.15) is 18.3 Å². The zero-order valence-corrected chi connectivity index (χ0v) is 16.9. The maximum atomic E-state index is 11.6. The van der Waals surface area contributed by atoms with Gasteiger partial charge < -0.3 is 34.5 Å². The molecule has 2 fully saturated rings. The number of phosphoric acid groups is 1. The van der Waals surface area contributed by atoms with E-state index in [4.69, 9.17) is 29.2 Å². The van der Waals surface area contributed by atoms with E-state index in [1.165, 1.54) is 0 Å². The van der Waals surface area contributed by atoms with E-state index in [0.717, 1.165) is 11.1 Å². The zero-order valence-electron chi connectivity index (χ0n) is 16.0. The number of hydrogen-bond donors (Lipinski definition) is 3. The molecule has 0 saturated carbocycles. The Morgan fingerprint density at radius 3 is 2.37 bits per heavy atom. The monoisotopic (exact) mass is 437 g/mol. The minimum Gasteiger partial charge on any atom is -0.346 e. The van der Waals surface area contributed by atoms with Crippen molar-refractivity contribution in [1.82, 2.24) is 0 Å². The van der Waals surface area contributed by atoms with Crippen molar-refractivity contribution in [1.29, 1.82) is 0 Å². The Morgan fingerprint density at radius 1 is 1.03 bits per heavy atom. The van der Waals surface area contributed by atoms with Crippen LogP contribution in [0.15, 0.2) is 60.7 Å². The molecule has 0 amide bonds. The lowest BCUT2D eigenvalue weighted by molar-refractivity contribution is -0.341. The van der Waals surface area contributed by atoms with E-state index in [2.05, 4.69) is 0 Å². The van der Waals surface area contributed by atoms with Gasteiger partial charge in [0.2, 0.25) is 0 Å². The molecule has 6 atom stereocenters. The Hall–Kier alpha value is -1.65. The number of phosphoric ester groups is 1. The van der Waals surface area contributed by atoms with Gasteiger partial charge in [-0.25, -0.2) is 4.57 Å². The number of fused-ring (bicyclic) bond motifs is 1. The standard InChI is InChI=1S/C20H24NO8P/c21-16-18(29-30(22,23)24)17-15(12-26-19(28-17)14-9-5-2-6-10-14)27-20(16)25-11-13-7-3-1-4-8-13/h1-10,15-20H,11-12,21H2,(H2,22,23,24)/t15-,16-,17-,18-,19?,20+/m1/s1. The molecule has 30 heavy (non-hydrogen) atoms. The molecular formula is C20H24NO8P. The Balaban J connectivity index is 1.51. The third-order valence-corrected chi connectivity index (χ3v) is 5.49. The first-order valence-electron chi connectivity index (χ1n) is 9.53. The van der Waals surface area contributed by atoms with Crippen molar-refractivity contribution < 1.29 is 37.8 Å². The Morgan fingerprint density at radius 2 is 1.70 bits per heavy atom. The van der Waals surface area contributed by atoms with Crippen LogP contribution in [-0.4, -0.2) is 47.0 Å². The average molecular weight is 437 g/mol. The van der Waals surface area contributed by atoms with Gasteiger partial charge in [0.15, 0.2) is 12.6 Å². The largest absolute Gasteiger partial charge is 0.470 e. The molecule has 4 rings (SSSR count). The van der Waals surface area contributed by atoms with Gasteiger partial charge in [-0.05, 0) is 5.56 Å². The molecule has 2 aromatic rings. The smallest absolute Gasteiger partial charge is 0.346 e. The van der Waals surface area contributed by atoms with Gasteiger partial charge in [-0.1, -0.05) is 60.7 Å². The van der Waals surface area contributed by atoms with E-state index in [0.29, 0.717) is 0 Å². The van der Waals surface area contributed by atoms with Gasteiger partial charge in [-0.2, -0.15) is 0 Å². The molecule has 9 nitrogen and oxygen atoms in total. The quantitative estimate of drug-likeness (QED) is 0.580. The predicted octanol–water partition coefficient (Wildman–Crippen LogP) is 1.85. The third-order valence-electron chi connectivity index (χ3n) is 4.97. The summed E-state index contributed by atoms with van der Waals surface area (Å²) in [6.45, 7) is 0.344. The number of benzene rings is 2. The molecule has 2 aliphatic heterocycles. The highest BCUT2D eigenvalue weighted by molar-refractivity contribution is 7.46. The minimum absolute atomic E-state index is 0.128. The SMILES string of the molecule is N[C@H]1[C@@H](OCc2ccccc2)O[C@@H]2COC(c3ccccc3)O[C@H]2[C@@H]1OP(=O)(O)O. The molecule has 0 spiro atoms. The summed E-state index contributed by atoms with van der Waals surface area (Å²) in [7, 11) is -4.84. The van der Waals surface area contributed by atoms with Crippen LogP contribution in [0.1, 0.15) is 17.4 Å². The topological polar surface area (TPSA) is 130 Å². The highest BCUT2D eigenvalue weighted by atomic mass is 31.2. The van der Waals surface area contributed by atoms with Crippen LogP contribution in [0, 0.1) is 0 Å². The van der Waals surface area contributed by atoms with Gasteiger partial charge in [-0.15, -0.1) is 0 Å². The van der Waals surface area contributed by atoms with E-state index < -0.39 is 44.8 Å². The fourth-order valence-corrected chi connectivity index (χ4v) is 4.14. The summed E-state index contributed by atoms with van der Waals surface area (Å²) in [4.78, 5) is 18.8. The molecule has 2 aromatic carbocycles. The van der Waals surface area contributed by atoms with Crippen LogP contribution in [0.2, 0.25) is 0 Å². The Bertz CT molecular complexity index is 864. The highest BCUT2D eigenvalue weighted by Gasteiger charge is 2.51. The normalized spacial score (nSPS) is 31.8. The second-order valence-electron chi connectivity index (χ2n) is 7.15. The fourth-order valence-electron chi connectivity index (χ4n) is 3.57. The van der Waals surface area contributed by atoms with Crippen LogP contribution in [-0.2, 0) is 34.6 Å². The molecule has 2 saturated heterocycles. The lowest BCUT2D eigenvalue weighted by Gasteiger charge is -2.48. The molecule has 10 heteroatoms. The molecule has 1 unspecified atom stereocenters. The Kier molecular flexibility index (Phi) is 6.64. The number of rotatable bonds is 6. The number of ether oxygens (including phenoxy) is 4. The molecular weight excluding hydrogens is 413 g/mol.